The minimum absolute atomic E-state index is 0.186. The number of rotatable bonds is 7. The number of thioether (sulfide) groups is 1. The second kappa shape index (κ2) is 7.89. The van der Waals surface area contributed by atoms with Gasteiger partial charge >= 0.3 is 0 Å². The molecule has 0 saturated heterocycles. The van der Waals surface area contributed by atoms with Gasteiger partial charge < -0.3 is 10.6 Å². The molecule has 0 spiro atoms. The van der Waals surface area contributed by atoms with Crippen molar-refractivity contribution in [3.63, 3.8) is 0 Å². The number of carbonyl (C=O) groups excluding carboxylic acids is 1. The van der Waals surface area contributed by atoms with Crippen LogP contribution in [0.5, 0.6) is 0 Å². The molecule has 1 rings (SSSR count). The van der Waals surface area contributed by atoms with E-state index in [1.165, 1.54) is 0 Å². The molecule has 0 saturated carbocycles. The molecule has 1 heterocycles. The van der Waals surface area contributed by atoms with Crippen LogP contribution in [0.1, 0.15) is 23.8 Å². The van der Waals surface area contributed by atoms with Crippen molar-refractivity contribution < 1.29 is 4.79 Å². The predicted molar refractivity (Wildman–Crippen MR) is 71.5 cm³/mol. The van der Waals surface area contributed by atoms with Gasteiger partial charge in [0.1, 0.15) is 5.82 Å². The Hall–Kier alpha value is -1.30. The van der Waals surface area contributed by atoms with E-state index in [0.29, 0.717) is 18.1 Å². The lowest BCUT2D eigenvalue weighted by molar-refractivity contribution is 0.0950. The summed E-state index contributed by atoms with van der Waals surface area (Å²) in [4.78, 5) is 11.4. The maximum atomic E-state index is 11.4. The first-order chi connectivity index (χ1) is 8.27. The second-order valence-electron chi connectivity index (χ2n) is 3.44. The fraction of sp³-hybridized carbons (Fsp3) is 0.545. The summed E-state index contributed by atoms with van der Waals surface area (Å²) in [6, 6.07) is 3.45. The molecular weight excluding hydrogens is 236 g/mol. The first-order valence-electron chi connectivity index (χ1n) is 5.62. The Morgan fingerprint density at radius 1 is 1.41 bits per heavy atom. The topological polar surface area (TPSA) is 66.9 Å². The molecule has 6 heteroatoms. The molecule has 0 aliphatic rings. The summed E-state index contributed by atoms with van der Waals surface area (Å²) in [7, 11) is 0. The standard InChI is InChI=1S/C11H18N4OS/c1-3-12-11(16)9-5-6-10(15-14-9)13-7-4-8-17-2/h5-6H,3-4,7-8H2,1-2H3,(H,12,16)(H,13,15). The molecular formula is C11H18N4OS. The van der Waals surface area contributed by atoms with Crippen molar-refractivity contribution in [2.45, 2.75) is 13.3 Å². The third kappa shape index (κ3) is 5.04. The lowest BCUT2D eigenvalue weighted by atomic mass is 10.3. The highest BCUT2D eigenvalue weighted by Crippen LogP contribution is 2.03. The van der Waals surface area contributed by atoms with E-state index < -0.39 is 0 Å². The van der Waals surface area contributed by atoms with Gasteiger partial charge in [-0.15, -0.1) is 10.2 Å². The predicted octanol–water partition coefficient (Wildman–Crippen LogP) is 1.39. The van der Waals surface area contributed by atoms with Crippen molar-refractivity contribution in [3.8, 4) is 0 Å². The SMILES string of the molecule is CCNC(=O)c1ccc(NCCCSC)nn1. The summed E-state index contributed by atoms with van der Waals surface area (Å²) in [5.41, 5.74) is 0.349. The summed E-state index contributed by atoms with van der Waals surface area (Å²) in [5.74, 6) is 1.64. The van der Waals surface area contributed by atoms with Crippen LogP contribution in [0.4, 0.5) is 5.82 Å². The zero-order valence-corrected chi connectivity index (χ0v) is 11.0. The van der Waals surface area contributed by atoms with Gasteiger partial charge in [0.25, 0.3) is 5.91 Å². The fourth-order valence-electron chi connectivity index (χ4n) is 1.23. The fourth-order valence-corrected chi connectivity index (χ4v) is 1.66. The molecule has 0 aliphatic carbocycles. The van der Waals surface area contributed by atoms with Crippen molar-refractivity contribution in [2.75, 3.05) is 30.4 Å². The monoisotopic (exact) mass is 254 g/mol. The van der Waals surface area contributed by atoms with E-state index in [0.717, 1.165) is 18.7 Å². The highest BCUT2D eigenvalue weighted by molar-refractivity contribution is 7.98. The van der Waals surface area contributed by atoms with Gasteiger partial charge in [-0.25, -0.2) is 0 Å². The van der Waals surface area contributed by atoms with Crippen molar-refractivity contribution in [3.05, 3.63) is 17.8 Å². The summed E-state index contributed by atoms with van der Waals surface area (Å²) in [5, 5.41) is 13.7. The summed E-state index contributed by atoms with van der Waals surface area (Å²) in [6.07, 6.45) is 3.17. The quantitative estimate of drug-likeness (QED) is 0.720. The third-order valence-electron chi connectivity index (χ3n) is 2.07. The Balaban J connectivity index is 2.42. The van der Waals surface area contributed by atoms with Gasteiger partial charge in [-0.1, -0.05) is 0 Å². The average molecular weight is 254 g/mol. The molecule has 0 aliphatic heterocycles. The van der Waals surface area contributed by atoms with Crippen molar-refractivity contribution in [1.29, 1.82) is 0 Å². The van der Waals surface area contributed by atoms with E-state index in [9.17, 15) is 4.79 Å². The van der Waals surface area contributed by atoms with E-state index in [1.54, 1.807) is 12.1 Å². The summed E-state index contributed by atoms with van der Waals surface area (Å²) < 4.78 is 0. The Morgan fingerprint density at radius 2 is 2.24 bits per heavy atom. The third-order valence-corrected chi connectivity index (χ3v) is 2.76. The largest absolute Gasteiger partial charge is 0.369 e. The smallest absolute Gasteiger partial charge is 0.271 e. The van der Waals surface area contributed by atoms with E-state index in [2.05, 4.69) is 27.1 Å². The molecule has 0 atom stereocenters. The normalized spacial score (nSPS) is 10.0. The van der Waals surface area contributed by atoms with Crippen molar-refractivity contribution >= 4 is 23.5 Å². The zero-order valence-electron chi connectivity index (χ0n) is 10.2. The van der Waals surface area contributed by atoms with E-state index in [4.69, 9.17) is 0 Å². The number of aromatic nitrogens is 2. The maximum absolute atomic E-state index is 11.4. The molecule has 0 fully saturated rings. The Morgan fingerprint density at radius 3 is 2.82 bits per heavy atom. The Kier molecular flexibility index (Phi) is 6.39. The first kappa shape index (κ1) is 13.8. The highest BCUT2D eigenvalue weighted by atomic mass is 32.2. The van der Waals surface area contributed by atoms with Gasteiger partial charge in [-0.3, -0.25) is 4.79 Å². The molecule has 2 N–H and O–H groups in total. The summed E-state index contributed by atoms with van der Waals surface area (Å²) >= 11 is 1.82. The zero-order chi connectivity index (χ0) is 12.5. The number of nitrogens with one attached hydrogen (secondary N) is 2. The Labute approximate surface area is 106 Å². The van der Waals surface area contributed by atoms with Gasteiger partial charge in [0.2, 0.25) is 0 Å². The van der Waals surface area contributed by atoms with Crippen LogP contribution >= 0.6 is 11.8 Å². The molecule has 0 bridgehead atoms. The van der Waals surface area contributed by atoms with Crippen LogP contribution < -0.4 is 10.6 Å². The number of amides is 1. The molecule has 0 radical (unpaired) electrons. The molecule has 17 heavy (non-hydrogen) atoms. The molecule has 0 unspecified atom stereocenters. The van der Waals surface area contributed by atoms with E-state index in [-0.39, 0.29) is 5.91 Å². The molecule has 1 aromatic rings. The van der Waals surface area contributed by atoms with Gasteiger partial charge in [-0.2, -0.15) is 11.8 Å². The van der Waals surface area contributed by atoms with Crippen LogP contribution in [0.2, 0.25) is 0 Å². The van der Waals surface area contributed by atoms with Crippen LogP contribution in [-0.4, -0.2) is 41.2 Å². The molecule has 0 aromatic carbocycles. The van der Waals surface area contributed by atoms with Gasteiger partial charge in [-0.05, 0) is 37.5 Å². The van der Waals surface area contributed by atoms with Gasteiger partial charge in [0.15, 0.2) is 5.69 Å². The second-order valence-corrected chi connectivity index (χ2v) is 4.42. The van der Waals surface area contributed by atoms with Crippen molar-refractivity contribution in [1.82, 2.24) is 15.5 Å². The molecule has 1 aromatic heterocycles. The van der Waals surface area contributed by atoms with Crippen LogP contribution in [0.25, 0.3) is 0 Å². The van der Waals surface area contributed by atoms with Crippen LogP contribution in [0, 0.1) is 0 Å². The Bertz CT molecular complexity index is 342. The van der Waals surface area contributed by atoms with Crippen LogP contribution in [-0.2, 0) is 0 Å². The average Bonchev–Trinajstić information content (AvgIpc) is 2.36. The van der Waals surface area contributed by atoms with Gasteiger partial charge in [0.05, 0.1) is 0 Å². The van der Waals surface area contributed by atoms with E-state index >= 15 is 0 Å². The number of anilines is 1. The lowest BCUT2D eigenvalue weighted by Gasteiger charge is -2.05. The minimum atomic E-state index is -0.186. The number of hydrogen-bond acceptors (Lipinski definition) is 5. The molecule has 1 amide bonds. The highest BCUT2D eigenvalue weighted by Gasteiger charge is 2.05. The summed E-state index contributed by atoms with van der Waals surface area (Å²) in [6.45, 7) is 3.33. The van der Waals surface area contributed by atoms with Crippen molar-refractivity contribution in [2.24, 2.45) is 0 Å². The van der Waals surface area contributed by atoms with Gasteiger partial charge in [0, 0.05) is 13.1 Å². The number of nitrogens with zero attached hydrogens (tertiary/aromatic N) is 2. The molecule has 94 valence electrons. The molecule has 5 nitrogen and oxygen atoms in total. The first-order valence-corrected chi connectivity index (χ1v) is 7.02. The van der Waals surface area contributed by atoms with Crippen LogP contribution in [0.15, 0.2) is 12.1 Å². The maximum Gasteiger partial charge on any atom is 0.271 e. The lowest BCUT2D eigenvalue weighted by Crippen LogP contribution is -2.24. The minimum Gasteiger partial charge on any atom is -0.369 e. The van der Waals surface area contributed by atoms with E-state index in [1.807, 2.05) is 18.7 Å². The number of hydrogen-bond donors (Lipinski definition) is 2. The van der Waals surface area contributed by atoms with Crippen LogP contribution in [0.3, 0.4) is 0 Å². The number of carbonyl (C=O) groups is 1.